The lowest BCUT2D eigenvalue weighted by molar-refractivity contribution is -0.138. The van der Waals surface area contributed by atoms with Crippen molar-refractivity contribution in [2.24, 2.45) is 0 Å². The van der Waals surface area contributed by atoms with Crippen molar-refractivity contribution in [3.63, 3.8) is 0 Å². The van der Waals surface area contributed by atoms with Gasteiger partial charge in [-0.2, -0.15) is 0 Å². The highest BCUT2D eigenvalue weighted by molar-refractivity contribution is 9.09. The number of carbonyl (C=O) groups is 1. The van der Waals surface area contributed by atoms with Crippen molar-refractivity contribution in [3.8, 4) is 0 Å². The molecule has 0 atom stereocenters. The van der Waals surface area contributed by atoms with Gasteiger partial charge in [0, 0.05) is 10.9 Å². The molecule has 24 heavy (non-hydrogen) atoms. The number of hydrogen-bond acceptors (Lipinski definition) is 2. The third-order valence-electron chi connectivity index (χ3n) is 4.38. The van der Waals surface area contributed by atoms with Gasteiger partial charge in [0.1, 0.15) is 0 Å². The van der Waals surface area contributed by atoms with Crippen LogP contribution in [0.15, 0.2) is 11.6 Å². The number of esters is 1. The van der Waals surface area contributed by atoms with E-state index in [1.54, 1.807) is 0 Å². The SMILES string of the molecule is CCCCCCCCCCCCCCC/C=C(\CBr)C(=O)OCC. The number of alkyl halides is 1. The Kier molecular flexibility index (Phi) is 18.8. The Morgan fingerprint density at radius 3 is 1.67 bits per heavy atom. The predicted octanol–water partition coefficient (Wildman–Crippen LogP) is 7.35. The quantitative estimate of drug-likeness (QED) is 0.110. The van der Waals surface area contributed by atoms with Gasteiger partial charge < -0.3 is 4.74 Å². The molecule has 0 aromatic carbocycles. The van der Waals surface area contributed by atoms with Gasteiger partial charge in [0.2, 0.25) is 0 Å². The van der Waals surface area contributed by atoms with E-state index in [0.29, 0.717) is 11.9 Å². The third-order valence-corrected chi connectivity index (χ3v) is 4.98. The molecule has 0 unspecified atom stereocenters. The first-order chi connectivity index (χ1) is 11.8. The van der Waals surface area contributed by atoms with Crippen LogP contribution in [0.1, 0.15) is 104 Å². The Morgan fingerprint density at radius 1 is 0.792 bits per heavy atom. The second kappa shape index (κ2) is 19.0. The van der Waals surface area contributed by atoms with E-state index in [1.807, 2.05) is 13.0 Å². The van der Waals surface area contributed by atoms with Crippen LogP contribution in [0.4, 0.5) is 0 Å². The molecule has 0 radical (unpaired) electrons. The van der Waals surface area contributed by atoms with E-state index >= 15 is 0 Å². The van der Waals surface area contributed by atoms with Gasteiger partial charge in [0.05, 0.1) is 6.61 Å². The van der Waals surface area contributed by atoms with Gasteiger partial charge in [-0.05, 0) is 19.8 Å². The van der Waals surface area contributed by atoms with E-state index in [9.17, 15) is 4.79 Å². The summed E-state index contributed by atoms with van der Waals surface area (Å²) in [6.07, 6.45) is 20.8. The molecule has 0 saturated heterocycles. The number of halogens is 1. The normalized spacial score (nSPS) is 11.7. The van der Waals surface area contributed by atoms with Crippen molar-refractivity contribution < 1.29 is 9.53 Å². The number of carbonyl (C=O) groups excluding carboxylic acids is 1. The smallest absolute Gasteiger partial charge is 0.334 e. The fraction of sp³-hybridized carbons (Fsp3) is 0.857. The van der Waals surface area contributed by atoms with Gasteiger partial charge in [-0.15, -0.1) is 0 Å². The lowest BCUT2D eigenvalue weighted by Gasteiger charge is -2.04. The molecular formula is C21H39BrO2. The molecule has 0 rings (SSSR count). The minimum absolute atomic E-state index is 0.177. The Morgan fingerprint density at radius 2 is 1.25 bits per heavy atom. The molecule has 0 bridgehead atoms. The first-order valence-electron chi connectivity index (χ1n) is 10.2. The lowest BCUT2D eigenvalue weighted by atomic mass is 10.0. The van der Waals surface area contributed by atoms with Crippen LogP contribution in [0.5, 0.6) is 0 Å². The summed E-state index contributed by atoms with van der Waals surface area (Å²) in [6.45, 7) is 4.56. The van der Waals surface area contributed by atoms with Crippen LogP contribution in [-0.2, 0) is 9.53 Å². The minimum atomic E-state index is -0.177. The van der Waals surface area contributed by atoms with E-state index in [1.165, 1.54) is 83.5 Å². The Hall–Kier alpha value is -0.310. The molecule has 142 valence electrons. The summed E-state index contributed by atoms with van der Waals surface area (Å²) >= 11 is 3.36. The molecule has 2 nitrogen and oxygen atoms in total. The van der Waals surface area contributed by atoms with Crippen molar-refractivity contribution in [2.45, 2.75) is 104 Å². The van der Waals surface area contributed by atoms with Crippen LogP contribution >= 0.6 is 15.9 Å². The molecule has 0 aliphatic heterocycles. The van der Waals surface area contributed by atoms with E-state index in [2.05, 4.69) is 22.9 Å². The number of rotatable bonds is 17. The van der Waals surface area contributed by atoms with Gasteiger partial charge >= 0.3 is 5.97 Å². The second-order valence-corrected chi connectivity index (χ2v) is 7.18. The average molecular weight is 403 g/mol. The maximum Gasteiger partial charge on any atom is 0.334 e. The van der Waals surface area contributed by atoms with Crippen LogP contribution in [0.2, 0.25) is 0 Å². The standard InChI is InChI=1S/C21H39BrO2/c1-3-5-6-7-8-9-10-11-12-13-14-15-16-17-18-20(19-22)21(23)24-4-2/h18H,3-17,19H2,1-2H3/b20-18+. The van der Waals surface area contributed by atoms with Gasteiger partial charge in [-0.1, -0.05) is 106 Å². The van der Waals surface area contributed by atoms with Crippen LogP contribution in [0.25, 0.3) is 0 Å². The lowest BCUT2D eigenvalue weighted by Crippen LogP contribution is -2.08. The maximum atomic E-state index is 11.6. The molecule has 0 fully saturated rings. The topological polar surface area (TPSA) is 26.3 Å². The Balaban J connectivity index is 3.37. The van der Waals surface area contributed by atoms with Crippen molar-refractivity contribution in [1.82, 2.24) is 0 Å². The van der Waals surface area contributed by atoms with Crippen molar-refractivity contribution in [2.75, 3.05) is 11.9 Å². The van der Waals surface area contributed by atoms with Crippen LogP contribution in [-0.4, -0.2) is 17.9 Å². The zero-order valence-electron chi connectivity index (χ0n) is 16.1. The van der Waals surface area contributed by atoms with Crippen LogP contribution in [0, 0.1) is 0 Å². The third kappa shape index (κ3) is 15.2. The highest BCUT2D eigenvalue weighted by Crippen LogP contribution is 2.13. The first kappa shape index (κ1) is 23.7. The van der Waals surface area contributed by atoms with E-state index in [4.69, 9.17) is 4.74 Å². The van der Waals surface area contributed by atoms with Gasteiger partial charge in [-0.3, -0.25) is 0 Å². The monoisotopic (exact) mass is 402 g/mol. The molecule has 0 heterocycles. The van der Waals surface area contributed by atoms with Gasteiger partial charge in [0.15, 0.2) is 0 Å². The number of unbranched alkanes of at least 4 members (excludes halogenated alkanes) is 13. The van der Waals surface area contributed by atoms with Crippen molar-refractivity contribution >= 4 is 21.9 Å². The molecule has 0 saturated carbocycles. The maximum absolute atomic E-state index is 11.6. The summed E-state index contributed by atoms with van der Waals surface area (Å²) in [6, 6.07) is 0. The Labute approximate surface area is 158 Å². The van der Waals surface area contributed by atoms with E-state index < -0.39 is 0 Å². The minimum Gasteiger partial charge on any atom is -0.463 e. The molecule has 0 spiro atoms. The largest absolute Gasteiger partial charge is 0.463 e. The fourth-order valence-corrected chi connectivity index (χ4v) is 3.31. The second-order valence-electron chi connectivity index (χ2n) is 6.61. The molecular weight excluding hydrogens is 364 g/mol. The molecule has 0 aliphatic rings. The molecule has 0 N–H and O–H groups in total. The van der Waals surface area contributed by atoms with E-state index in [-0.39, 0.29) is 5.97 Å². The number of allylic oxidation sites excluding steroid dienone is 1. The highest BCUT2D eigenvalue weighted by atomic mass is 79.9. The average Bonchev–Trinajstić information content (AvgIpc) is 2.58. The summed E-state index contributed by atoms with van der Waals surface area (Å²) in [5, 5.41) is 0.588. The summed E-state index contributed by atoms with van der Waals surface area (Å²) in [5.41, 5.74) is 0.760. The molecule has 0 amide bonds. The molecule has 0 aromatic heterocycles. The zero-order chi connectivity index (χ0) is 17.9. The highest BCUT2D eigenvalue weighted by Gasteiger charge is 2.07. The fourth-order valence-electron chi connectivity index (χ4n) is 2.85. The Bertz CT molecular complexity index is 313. The first-order valence-corrected chi connectivity index (χ1v) is 11.3. The van der Waals surface area contributed by atoms with Gasteiger partial charge in [-0.25, -0.2) is 4.79 Å². The van der Waals surface area contributed by atoms with Crippen molar-refractivity contribution in [3.05, 3.63) is 11.6 Å². The van der Waals surface area contributed by atoms with E-state index in [0.717, 1.165) is 12.0 Å². The summed E-state index contributed by atoms with van der Waals surface area (Å²) in [4.78, 5) is 11.6. The predicted molar refractivity (Wildman–Crippen MR) is 109 cm³/mol. The van der Waals surface area contributed by atoms with Gasteiger partial charge in [0.25, 0.3) is 0 Å². The zero-order valence-corrected chi connectivity index (χ0v) is 17.7. The summed E-state index contributed by atoms with van der Waals surface area (Å²) in [7, 11) is 0. The summed E-state index contributed by atoms with van der Waals surface area (Å²) < 4.78 is 5.03. The summed E-state index contributed by atoms with van der Waals surface area (Å²) in [5.74, 6) is -0.177. The van der Waals surface area contributed by atoms with Crippen molar-refractivity contribution in [1.29, 1.82) is 0 Å². The number of ether oxygens (including phenoxy) is 1. The molecule has 0 aliphatic carbocycles. The molecule has 3 heteroatoms. The van der Waals surface area contributed by atoms with Crippen LogP contribution in [0.3, 0.4) is 0 Å². The molecule has 0 aromatic rings. The van der Waals surface area contributed by atoms with Crippen LogP contribution < -0.4 is 0 Å². The number of hydrogen-bond donors (Lipinski definition) is 0.